The molecular formula is C29H28N6O. The number of nitrogens with zero attached hydrogens (tertiary/aromatic N) is 4. The zero-order valence-corrected chi connectivity index (χ0v) is 20.5. The van der Waals surface area contributed by atoms with Gasteiger partial charge in [-0.1, -0.05) is 42.5 Å². The Labute approximate surface area is 209 Å². The topological polar surface area (TPSA) is 88.5 Å². The Kier molecular flexibility index (Phi) is 5.60. The zero-order valence-electron chi connectivity index (χ0n) is 20.5. The zero-order chi connectivity index (χ0) is 24.6. The van der Waals surface area contributed by atoms with Crippen molar-refractivity contribution in [2.75, 3.05) is 6.54 Å². The summed E-state index contributed by atoms with van der Waals surface area (Å²) in [6, 6.07) is 20.6. The summed E-state index contributed by atoms with van der Waals surface area (Å²) in [7, 11) is 0. The van der Waals surface area contributed by atoms with Gasteiger partial charge in [-0.3, -0.25) is 4.79 Å². The van der Waals surface area contributed by atoms with Gasteiger partial charge in [-0.2, -0.15) is 15.4 Å². The number of aryl methyl sites for hydroxylation is 3. The van der Waals surface area contributed by atoms with Crippen molar-refractivity contribution < 1.29 is 4.79 Å². The van der Waals surface area contributed by atoms with Gasteiger partial charge in [-0.05, 0) is 66.6 Å². The van der Waals surface area contributed by atoms with E-state index in [1.165, 1.54) is 22.3 Å². The molecule has 3 heterocycles. The molecule has 7 nitrogen and oxygen atoms in total. The molecule has 1 aliphatic rings. The third-order valence-corrected chi connectivity index (χ3v) is 7.24. The lowest BCUT2D eigenvalue weighted by Crippen LogP contribution is -2.33. The molecule has 0 bridgehead atoms. The van der Waals surface area contributed by atoms with Crippen LogP contribution in [0.4, 0.5) is 0 Å². The number of aromatic amines is 1. The van der Waals surface area contributed by atoms with Crippen molar-refractivity contribution in [1.82, 2.24) is 30.3 Å². The molecule has 0 saturated carbocycles. The minimum Gasteiger partial charge on any atom is -0.352 e. The van der Waals surface area contributed by atoms with Crippen LogP contribution in [-0.4, -0.2) is 37.4 Å². The number of carbonyl (C=O) groups excluding carboxylic acids is 1. The first kappa shape index (κ1) is 22.2. The van der Waals surface area contributed by atoms with Crippen molar-refractivity contribution >= 4 is 16.9 Å². The SMILES string of the molecule is Cc1ccc(-c2ccc(-c3cn4c(n3)CCC(CNC(=O)c3ccc5n[nH]nc5c3)C4)cc2)cc1C. The lowest BCUT2D eigenvalue weighted by molar-refractivity contribution is 0.0943. The number of fused-ring (bicyclic) bond motifs is 2. The van der Waals surface area contributed by atoms with E-state index in [0.717, 1.165) is 42.0 Å². The van der Waals surface area contributed by atoms with Gasteiger partial charge in [-0.25, -0.2) is 4.98 Å². The molecule has 2 N–H and O–H groups in total. The number of hydrogen-bond acceptors (Lipinski definition) is 4. The first-order chi connectivity index (χ1) is 17.5. The molecule has 0 aliphatic carbocycles. The molecule has 1 atom stereocenters. The first-order valence-electron chi connectivity index (χ1n) is 12.4. The maximum Gasteiger partial charge on any atom is 0.251 e. The largest absolute Gasteiger partial charge is 0.352 e. The molecule has 0 spiro atoms. The van der Waals surface area contributed by atoms with Crippen LogP contribution in [0.15, 0.2) is 66.9 Å². The third-order valence-electron chi connectivity index (χ3n) is 7.24. The minimum atomic E-state index is -0.0825. The van der Waals surface area contributed by atoms with Crippen LogP contribution in [0.1, 0.15) is 33.7 Å². The Balaban J connectivity index is 1.11. The van der Waals surface area contributed by atoms with E-state index >= 15 is 0 Å². The summed E-state index contributed by atoms with van der Waals surface area (Å²) in [4.78, 5) is 17.6. The molecule has 36 heavy (non-hydrogen) atoms. The van der Waals surface area contributed by atoms with E-state index in [0.29, 0.717) is 23.5 Å². The van der Waals surface area contributed by atoms with Crippen LogP contribution >= 0.6 is 0 Å². The van der Waals surface area contributed by atoms with Crippen LogP contribution in [0.5, 0.6) is 0 Å². The number of nitrogens with one attached hydrogen (secondary N) is 2. The van der Waals surface area contributed by atoms with Gasteiger partial charge >= 0.3 is 0 Å². The van der Waals surface area contributed by atoms with Gasteiger partial charge in [0.05, 0.1) is 5.69 Å². The van der Waals surface area contributed by atoms with Crippen molar-refractivity contribution in [3.05, 3.63) is 89.4 Å². The highest BCUT2D eigenvalue weighted by molar-refractivity contribution is 5.97. The number of H-pyrrole nitrogens is 1. The Morgan fingerprint density at radius 1 is 0.944 bits per heavy atom. The quantitative estimate of drug-likeness (QED) is 0.369. The fraction of sp³-hybridized carbons (Fsp3) is 0.241. The van der Waals surface area contributed by atoms with E-state index in [2.05, 4.69) is 87.8 Å². The van der Waals surface area contributed by atoms with Crippen molar-refractivity contribution in [2.45, 2.75) is 33.2 Å². The molecule has 7 heteroatoms. The van der Waals surface area contributed by atoms with E-state index in [9.17, 15) is 4.79 Å². The summed E-state index contributed by atoms with van der Waals surface area (Å²) in [5.41, 5.74) is 9.23. The second-order valence-electron chi connectivity index (χ2n) is 9.71. The Hall–Kier alpha value is -4.26. The summed E-state index contributed by atoms with van der Waals surface area (Å²) < 4.78 is 2.24. The van der Waals surface area contributed by atoms with Crippen molar-refractivity contribution in [3.63, 3.8) is 0 Å². The molecule has 6 rings (SSSR count). The van der Waals surface area contributed by atoms with E-state index in [1.54, 1.807) is 12.1 Å². The summed E-state index contributed by atoms with van der Waals surface area (Å²) in [6.45, 7) is 5.78. The van der Waals surface area contributed by atoms with Crippen molar-refractivity contribution in [1.29, 1.82) is 0 Å². The van der Waals surface area contributed by atoms with Gasteiger partial charge in [0.1, 0.15) is 16.9 Å². The smallest absolute Gasteiger partial charge is 0.251 e. The predicted octanol–water partition coefficient (Wildman–Crippen LogP) is 5.10. The summed E-state index contributed by atoms with van der Waals surface area (Å²) in [5.74, 6) is 1.40. The van der Waals surface area contributed by atoms with Crippen LogP contribution in [0.2, 0.25) is 0 Å². The van der Waals surface area contributed by atoms with Crippen LogP contribution in [-0.2, 0) is 13.0 Å². The van der Waals surface area contributed by atoms with Crippen LogP contribution in [0, 0.1) is 19.8 Å². The Morgan fingerprint density at radius 2 is 1.72 bits per heavy atom. The maximum atomic E-state index is 12.7. The lowest BCUT2D eigenvalue weighted by Gasteiger charge is -2.23. The molecule has 180 valence electrons. The maximum absolute atomic E-state index is 12.7. The van der Waals surface area contributed by atoms with E-state index in [-0.39, 0.29) is 5.91 Å². The molecule has 1 amide bonds. The molecule has 0 radical (unpaired) electrons. The molecular weight excluding hydrogens is 448 g/mol. The van der Waals surface area contributed by atoms with Crippen LogP contribution in [0.25, 0.3) is 33.4 Å². The van der Waals surface area contributed by atoms with Gasteiger partial charge in [-0.15, -0.1) is 0 Å². The summed E-state index contributed by atoms with van der Waals surface area (Å²) >= 11 is 0. The fourth-order valence-corrected chi connectivity index (χ4v) is 4.90. The minimum absolute atomic E-state index is 0.0825. The predicted molar refractivity (Wildman–Crippen MR) is 141 cm³/mol. The van der Waals surface area contributed by atoms with Gasteiger partial charge < -0.3 is 9.88 Å². The standard InChI is InChI=1S/C29H28N6O/c1-18-3-5-23(13-19(18)2)21-6-8-22(9-7-21)27-17-35-16-20(4-12-28(35)31-27)15-30-29(36)24-10-11-25-26(14-24)33-34-32-25/h3,5-11,13-14,17,20H,4,12,15-16H2,1-2H3,(H,30,36)(H,32,33,34). The van der Waals surface area contributed by atoms with Crippen LogP contribution in [0.3, 0.4) is 0 Å². The van der Waals surface area contributed by atoms with E-state index < -0.39 is 0 Å². The van der Waals surface area contributed by atoms with E-state index in [4.69, 9.17) is 4.98 Å². The molecule has 1 aliphatic heterocycles. The number of carbonyl (C=O) groups is 1. The average Bonchev–Trinajstić information content (AvgIpc) is 3.55. The molecule has 0 fully saturated rings. The second kappa shape index (κ2) is 9.07. The number of aromatic nitrogens is 5. The third kappa shape index (κ3) is 4.28. The van der Waals surface area contributed by atoms with Gasteiger partial charge in [0, 0.05) is 36.8 Å². The van der Waals surface area contributed by atoms with Gasteiger partial charge in [0.25, 0.3) is 5.91 Å². The highest BCUT2D eigenvalue weighted by Crippen LogP contribution is 2.28. The highest BCUT2D eigenvalue weighted by Gasteiger charge is 2.22. The normalized spacial score (nSPS) is 15.1. The molecule has 0 saturated heterocycles. The molecule has 3 aromatic carbocycles. The van der Waals surface area contributed by atoms with Crippen molar-refractivity contribution in [3.8, 4) is 22.4 Å². The average molecular weight is 477 g/mol. The van der Waals surface area contributed by atoms with E-state index in [1.807, 2.05) is 6.07 Å². The summed E-state index contributed by atoms with van der Waals surface area (Å²) in [5, 5.41) is 13.8. The molecule has 2 aromatic heterocycles. The van der Waals surface area contributed by atoms with Crippen LogP contribution < -0.4 is 5.32 Å². The number of rotatable bonds is 5. The number of benzene rings is 3. The summed E-state index contributed by atoms with van der Waals surface area (Å²) in [6.07, 6.45) is 4.06. The first-order valence-corrected chi connectivity index (χ1v) is 12.4. The van der Waals surface area contributed by atoms with Crippen molar-refractivity contribution in [2.24, 2.45) is 5.92 Å². The number of imidazole rings is 1. The Bertz CT molecular complexity index is 1560. The monoisotopic (exact) mass is 476 g/mol. The fourth-order valence-electron chi connectivity index (χ4n) is 4.90. The molecule has 5 aromatic rings. The number of amides is 1. The Morgan fingerprint density at radius 3 is 2.56 bits per heavy atom. The number of hydrogen-bond donors (Lipinski definition) is 2. The van der Waals surface area contributed by atoms with Gasteiger partial charge in [0.2, 0.25) is 0 Å². The van der Waals surface area contributed by atoms with Gasteiger partial charge in [0.15, 0.2) is 0 Å². The lowest BCUT2D eigenvalue weighted by atomic mass is 9.99. The second-order valence-corrected chi connectivity index (χ2v) is 9.71. The highest BCUT2D eigenvalue weighted by atomic mass is 16.1. The molecule has 1 unspecified atom stereocenters.